The van der Waals surface area contributed by atoms with E-state index in [9.17, 15) is 4.79 Å². The van der Waals surface area contributed by atoms with Crippen molar-refractivity contribution < 1.29 is 21.1 Å². The number of aryl methyl sites for hydroxylation is 2. The zero-order chi connectivity index (χ0) is 15.2. The van der Waals surface area contributed by atoms with Crippen molar-refractivity contribution >= 4 is 8.41 Å². The summed E-state index contributed by atoms with van der Waals surface area (Å²) in [5, 5.41) is 3.37. The molecule has 0 saturated carbocycles. The van der Waals surface area contributed by atoms with Crippen molar-refractivity contribution in [2.24, 2.45) is 0 Å². The summed E-state index contributed by atoms with van der Waals surface area (Å²) in [6.07, 6.45) is 2.67. The summed E-state index contributed by atoms with van der Waals surface area (Å²) in [4.78, 5) is 14.1. The predicted octanol–water partition coefficient (Wildman–Crippen LogP) is 0.913. The molecular formula is C18H22BN3OW-. The van der Waals surface area contributed by atoms with E-state index in [1.165, 1.54) is 17.2 Å². The van der Waals surface area contributed by atoms with E-state index in [4.69, 9.17) is 0 Å². The Labute approximate surface area is 160 Å². The average Bonchev–Trinajstić information content (AvgIpc) is 2.56. The van der Waals surface area contributed by atoms with Crippen LogP contribution >= 0.6 is 0 Å². The summed E-state index contributed by atoms with van der Waals surface area (Å²) in [5.74, 6) is 0. The molecule has 0 spiro atoms. The molecule has 0 amide bonds. The van der Waals surface area contributed by atoms with E-state index in [2.05, 4.69) is 40.5 Å². The second kappa shape index (κ2) is 10.7. The molecule has 3 radical (unpaired) electrons. The summed E-state index contributed by atoms with van der Waals surface area (Å²) >= 11 is 0. The van der Waals surface area contributed by atoms with Crippen molar-refractivity contribution in [2.75, 3.05) is 26.2 Å². The molecule has 24 heavy (non-hydrogen) atoms. The van der Waals surface area contributed by atoms with Gasteiger partial charge in [-0.3, -0.25) is 4.90 Å². The van der Waals surface area contributed by atoms with Gasteiger partial charge >= 0.3 is 0 Å². The Morgan fingerprint density at radius 1 is 1.08 bits per heavy atom. The van der Waals surface area contributed by atoms with Gasteiger partial charge in [0.1, 0.15) is 5.56 Å². The molecule has 2 heterocycles. The molecule has 0 aliphatic carbocycles. The fourth-order valence-electron chi connectivity index (χ4n) is 2.78. The van der Waals surface area contributed by atoms with Crippen LogP contribution in [0.15, 0.2) is 47.4 Å². The third kappa shape index (κ3) is 6.05. The second-order valence-corrected chi connectivity index (χ2v) is 5.75. The SMILES string of the molecule is O=c1c[c-]ccn1CCc1ccc(CN2CCNCC2)cc1.[B].[W]. The number of hydrogen-bond acceptors (Lipinski definition) is 3. The van der Waals surface area contributed by atoms with Crippen LogP contribution in [0, 0.1) is 6.07 Å². The maximum absolute atomic E-state index is 11.6. The first-order valence-electron chi connectivity index (χ1n) is 7.89. The first-order chi connectivity index (χ1) is 10.8. The monoisotopic (exact) mass is 491 g/mol. The Hall–Kier alpha value is -1.16. The van der Waals surface area contributed by atoms with E-state index in [0.29, 0.717) is 6.54 Å². The van der Waals surface area contributed by atoms with Gasteiger partial charge in [-0.2, -0.15) is 12.1 Å². The smallest absolute Gasteiger partial charge is 0.135 e. The molecule has 1 aliphatic heterocycles. The fraction of sp³-hybridized carbons (Fsp3) is 0.389. The zero-order valence-electron chi connectivity index (χ0n) is 13.8. The molecule has 1 saturated heterocycles. The van der Waals surface area contributed by atoms with Crippen LogP contribution in [0.4, 0.5) is 0 Å². The zero-order valence-corrected chi connectivity index (χ0v) is 16.7. The number of nitrogens with one attached hydrogen (secondary N) is 1. The molecule has 2 aromatic rings. The van der Waals surface area contributed by atoms with Crippen LogP contribution in [0.5, 0.6) is 0 Å². The largest absolute Gasteiger partial charge is 0.421 e. The van der Waals surface area contributed by atoms with E-state index < -0.39 is 0 Å². The number of aromatic nitrogens is 1. The maximum Gasteiger partial charge on any atom is 0.135 e. The van der Waals surface area contributed by atoms with Crippen molar-refractivity contribution in [2.45, 2.75) is 19.5 Å². The van der Waals surface area contributed by atoms with Crippen LogP contribution in [-0.2, 0) is 40.6 Å². The number of benzene rings is 1. The number of rotatable bonds is 5. The van der Waals surface area contributed by atoms with Crippen molar-refractivity contribution in [3.8, 4) is 0 Å². The fourth-order valence-corrected chi connectivity index (χ4v) is 2.78. The van der Waals surface area contributed by atoms with Gasteiger partial charge < -0.3 is 14.7 Å². The molecule has 3 rings (SSSR count). The molecule has 0 atom stereocenters. The molecule has 1 aromatic heterocycles. The third-order valence-corrected chi connectivity index (χ3v) is 4.12. The predicted molar refractivity (Wildman–Crippen MR) is 93.6 cm³/mol. The Morgan fingerprint density at radius 2 is 1.75 bits per heavy atom. The molecular weight excluding hydrogens is 469 g/mol. The summed E-state index contributed by atoms with van der Waals surface area (Å²) < 4.78 is 1.73. The number of piperazine rings is 1. The first-order valence-corrected chi connectivity index (χ1v) is 7.89. The summed E-state index contributed by atoms with van der Waals surface area (Å²) in [6.45, 7) is 6.15. The van der Waals surface area contributed by atoms with E-state index in [-0.39, 0.29) is 35.0 Å². The Kier molecular flexibility index (Phi) is 9.27. The minimum absolute atomic E-state index is 0. The summed E-state index contributed by atoms with van der Waals surface area (Å²) in [6, 6.07) is 14.8. The van der Waals surface area contributed by atoms with Gasteiger partial charge in [0.25, 0.3) is 0 Å². The van der Waals surface area contributed by atoms with Crippen molar-refractivity contribution in [1.29, 1.82) is 0 Å². The van der Waals surface area contributed by atoms with Gasteiger partial charge in [-0.25, -0.2) is 0 Å². The molecule has 1 aliphatic rings. The summed E-state index contributed by atoms with van der Waals surface area (Å²) in [5.41, 5.74) is 2.64. The average molecular weight is 491 g/mol. The molecule has 1 aromatic carbocycles. The van der Waals surface area contributed by atoms with Gasteiger partial charge in [0, 0.05) is 68.7 Å². The minimum Gasteiger partial charge on any atom is -0.421 e. The number of pyridine rings is 1. The normalized spacial score (nSPS) is 14.5. The molecule has 125 valence electrons. The minimum atomic E-state index is 0. The quantitative estimate of drug-likeness (QED) is 0.500. The third-order valence-electron chi connectivity index (χ3n) is 4.12. The molecule has 0 unspecified atom stereocenters. The molecule has 6 heteroatoms. The van der Waals surface area contributed by atoms with Gasteiger partial charge in [-0.1, -0.05) is 24.3 Å². The molecule has 1 N–H and O–H groups in total. The van der Waals surface area contributed by atoms with E-state index in [1.54, 1.807) is 16.8 Å². The van der Waals surface area contributed by atoms with Crippen LogP contribution in [0.3, 0.4) is 0 Å². The number of hydrogen-bond donors (Lipinski definition) is 1. The number of nitrogens with zero attached hydrogens (tertiary/aromatic N) is 2. The van der Waals surface area contributed by atoms with Crippen LogP contribution < -0.4 is 10.9 Å². The van der Waals surface area contributed by atoms with E-state index in [0.717, 1.165) is 39.1 Å². The van der Waals surface area contributed by atoms with Gasteiger partial charge in [-0.15, -0.1) is 12.3 Å². The van der Waals surface area contributed by atoms with E-state index in [1.807, 2.05) is 0 Å². The van der Waals surface area contributed by atoms with Gasteiger partial charge in [0.2, 0.25) is 0 Å². The van der Waals surface area contributed by atoms with E-state index >= 15 is 0 Å². The second-order valence-electron chi connectivity index (χ2n) is 5.75. The van der Waals surface area contributed by atoms with Gasteiger partial charge in [0.15, 0.2) is 0 Å². The van der Waals surface area contributed by atoms with Crippen LogP contribution in [0.25, 0.3) is 0 Å². The van der Waals surface area contributed by atoms with Gasteiger partial charge in [-0.05, 0) is 17.5 Å². The molecule has 4 nitrogen and oxygen atoms in total. The first kappa shape index (κ1) is 20.9. The molecule has 0 bridgehead atoms. The maximum atomic E-state index is 11.6. The van der Waals surface area contributed by atoms with Crippen LogP contribution in [-0.4, -0.2) is 44.1 Å². The van der Waals surface area contributed by atoms with Crippen LogP contribution in [0.1, 0.15) is 11.1 Å². The summed E-state index contributed by atoms with van der Waals surface area (Å²) in [7, 11) is 0. The van der Waals surface area contributed by atoms with Crippen molar-refractivity contribution in [3.63, 3.8) is 0 Å². The molecule has 1 fully saturated rings. The van der Waals surface area contributed by atoms with Crippen LogP contribution in [0.2, 0.25) is 0 Å². The Bertz CT molecular complexity index is 654. The standard InChI is InChI=1S/C18H22N3O.B.W/c22-18-3-1-2-11-21(18)12-8-16-4-6-17(7-5-16)15-20-13-9-19-10-14-20;;/h2-7,11,19H,8-10,12-15H2;;/q-1;;. The Balaban J connectivity index is 0.00000144. The van der Waals surface area contributed by atoms with Crippen molar-refractivity contribution in [1.82, 2.24) is 14.8 Å². The topological polar surface area (TPSA) is 37.3 Å². The van der Waals surface area contributed by atoms with Gasteiger partial charge in [0.05, 0.1) is 0 Å². The van der Waals surface area contributed by atoms with Crippen molar-refractivity contribution in [3.05, 3.63) is 70.1 Å². The Morgan fingerprint density at radius 3 is 2.42 bits per heavy atom.